The van der Waals surface area contributed by atoms with Gasteiger partial charge in [0, 0.05) is 12.3 Å². The van der Waals surface area contributed by atoms with Crippen molar-refractivity contribution in [1.82, 2.24) is 0 Å². The lowest BCUT2D eigenvalue weighted by Gasteiger charge is -2.65. The number of esters is 1. The van der Waals surface area contributed by atoms with Crippen LogP contribution in [0.3, 0.4) is 0 Å². The van der Waals surface area contributed by atoms with Crippen LogP contribution < -0.4 is 0 Å². The molecule has 0 heterocycles. The molecule has 4 aliphatic carbocycles. The predicted molar refractivity (Wildman–Crippen MR) is 138 cm³/mol. The van der Waals surface area contributed by atoms with Gasteiger partial charge in [-0.05, 0) is 104 Å². The molecule has 0 amide bonds. The molecular formula is C31H54O2. The predicted octanol–water partition coefficient (Wildman–Crippen LogP) is 8.68. The summed E-state index contributed by atoms with van der Waals surface area (Å²) < 4.78 is 6.13. The number of rotatable bonds is 6. The largest absolute Gasteiger partial charge is 0.462 e. The van der Waals surface area contributed by atoms with Crippen LogP contribution in [0.4, 0.5) is 0 Å². The first kappa shape index (κ1) is 25.6. The molecule has 4 saturated carbocycles. The molecule has 0 aromatic heterocycles. The van der Waals surface area contributed by atoms with Crippen LogP contribution in [0, 0.1) is 57.7 Å². The van der Waals surface area contributed by atoms with Crippen molar-refractivity contribution in [3.63, 3.8) is 0 Å². The maximum Gasteiger partial charge on any atom is 0.302 e. The van der Waals surface area contributed by atoms with Crippen LogP contribution in [0.5, 0.6) is 0 Å². The quantitative estimate of drug-likeness (QED) is 0.372. The Bertz CT molecular complexity index is 710. The van der Waals surface area contributed by atoms with Gasteiger partial charge in [-0.2, -0.15) is 0 Å². The standard InChI is InChI=1S/C31H54O2/c1-20(2)10-9-11-21(3)24-13-14-25-23-12-15-27-29(5,6)18-17-28(33-22(4)32)31(27,8)26(23)16-19-30(24,25)7/h20-21,23-28H,9-19H2,1-8H3/t21-,23+,24-,25+,26+,27?,28?,30-,31-/m1/s1. The Morgan fingerprint density at radius 1 is 0.879 bits per heavy atom. The highest BCUT2D eigenvalue weighted by atomic mass is 16.5. The van der Waals surface area contributed by atoms with Crippen LogP contribution >= 0.6 is 0 Å². The van der Waals surface area contributed by atoms with E-state index < -0.39 is 0 Å². The van der Waals surface area contributed by atoms with Crippen molar-refractivity contribution >= 4 is 5.97 Å². The van der Waals surface area contributed by atoms with E-state index >= 15 is 0 Å². The molecule has 4 fully saturated rings. The van der Waals surface area contributed by atoms with Gasteiger partial charge in [0.15, 0.2) is 0 Å². The number of fused-ring (bicyclic) bond motifs is 5. The summed E-state index contributed by atoms with van der Waals surface area (Å²) >= 11 is 0. The molecule has 0 aromatic rings. The van der Waals surface area contributed by atoms with Gasteiger partial charge in [0.2, 0.25) is 0 Å². The Morgan fingerprint density at radius 3 is 2.27 bits per heavy atom. The first-order valence-corrected chi connectivity index (χ1v) is 14.6. The molecule has 0 N–H and O–H groups in total. The van der Waals surface area contributed by atoms with Gasteiger partial charge in [0.1, 0.15) is 6.10 Å². The maximum absolute atomic E-state index is 12.1. The fourth-order valence-corrected chi connectivity index (χ4v) is 10.5. The van der Waals surface area contributed by atoms with E-state index in [1.165, 1.54) is 64.2 Å². The molecule has 33 heavy (non-hydrogen) atoms. The van der Waals surface area contributed by atoms with Crippen molar-refractivity contribution < 1.29 is 9.53 Å². The normalized spacial score (nSPS) is 45.1. The van der Waals surface area contributed by atoms with Crippen LogP contribution in [0.15, 0.2) is 0 Å². The summed E-state index contributed by atoms with van der Waals surface area (Å²) in [5.74, 6) is 5.67. The lowest BCUT2D eigenvalue weighted by atomic mass is 9.40. The highest BCUT2D eigenvalue weighted by Crippen LogP contribution is 2.70. The van der Waals surface area contributed by atoms with Crippen molar-refractivity contribution in [1.29, 1.82) is 0 Å². The Morgan fingerprint density at radius 2 is 1.61 bits per heavy atom. The van der Waals surface area contributed by atoms with Crippen molar-refractivity contribution in [3.05, 3.63) is 0 Å². The van der Waals surface area contributed by atoms with Crippen LogP contribution in [-0.4, -0.2) is 12.1 Å². The summed E-state index contributed by atoms with van der Waals surface area (Å²) in [7, 11) is 0. The summed E-state index contributed by atoms with van der Waals surface area (Å²) in [5.41, 5.74) is 1.04. The van der Waals surface area contributed by atoms with Gasteiger partial charge < -0.3 is 4.74 Å². The van der Waals surface area contributed by atoms with E-state index in [9.17, 15) is 4.79 Å². The molecule has 0 spiro atoms. The third-order valence-electron chi connectivity index (χ3n) is 12.0. The molecular weight excluding hydrogens is 404 g/mol. The fraction of sp³-hybridized carbons (Fsp3) is 0.968. The van der Waals surface area contributed by atoms with Crippen LogP contribution in [0.2, 0.25) is 0 Å². The van der Waals surface area contributed by atoms with Crippen molar-refractivity contribution in [3.8, 4) is 0 Å². The molecule has 4 rings (SSSR count). The number of ether oxygens (including phenoxy) is 1. The Balaban J connectivity index is 1.56. The van der Waals surface area contributed by atoms with Crippen LogP contribution in [-0.2, 0) is 9.53 Å². The first-order chi connectivity index (χ1) is 15.4. The van der Waals surface area contributed by atoms with E-state index in [1.54, 1.807) is 6.92 Å². The molecule has 2 unspecified atom stereocenters. The van der Waals surface area contributed by atoms with Crippen LogP contribution in [0.25, 0.3) is 0 Å². The van der Waals surface area contributed by atoms with Crippen molar-refractivity contribution in [2.45, 2.75) is 132 Å². The molecule has 2 nitrogen and oxygen atoms in total. The van der Waals surface area contributed by atoms with Gasteiger partial charge in [-0.25, -0.2) is 0 Å². The van der Waals surface area contributed by atoms with E-state index in [4.69, 9.17) is 4.74 Å². The van der Waals surface area contributed by atoms with Gasteiger partial charge in [0.05, 0.1) is 0 Å². The van der Waals surface area contributed by atoms with Gasteiger partial charge >= 0.3 is 5.97 Å². The van der Waals surface area contributed by atoms with E-state index in [-0.39, 0.29) is 17.5 Å². The van der Waals surface area contributed by atoms with E-state index in [2.05, 4.69) is 48.5 Å². The molecule has 0 aromatic carbocycles. The monoisotopic (exact) mass is 458 g/mol. The average molecular weight is 459 g/mol. The zero-order chi connectivity index (χ0) is 24.2. The first-order valence-electron chi connectivity index (χ1n) is 14.6. The van der Waals surface area contributed by atoms with Crippen LogP contribution in [0.1, 0.15) is 126 Å². The lowest BCUT2D eigenvalue weighted by molar-refractivity contribution is -0.212. The van der Waals surface area contributed by atoms with Crippen molar-refractivity contribution in [2.75, 3.05) is 0 Å². The van der Waals surface area contributed by atoms with Gasteiger partial charge in [-0.15, -0.1) is 0 Å². The molecule has 2 heteroatoms. The van der Waals surface area contributed by atoms with E-state index in [0.29, 0.717) is 16.7 Å². The lowest BCUT2D eigenvalue weighted by Crippen LogP contribution is -2.62. The topological polar surface area (TPSA) is 26.3 Å². The summed E-state index contributed by atoms with van der Waals surface area (Å²) in [5, 5.41) is 0. The SMILES string of the molecule is CC(=O)OC1CCC(C)(C)C2CC[C@@H]3[C@H](CC[C@]4(C)[C@@H]([C@H](C)CCCC(C)C)CC[C@@H]34)[C@@]12C. The summed E-state index contributed by atoms with van der Waals surface area (Å²) in [4.78, 5) is 12.1. The number of carbonyl (C=O) groups is 1. The highest BCUT2D eigenvalue weighted by molar-refractivity contribution is 5.66. The summed E-state index contributed by atoms with van der Waals surface area (Å²) in [6, 6.07) is 0. The number of hydrogen-bond acceptors (Lipinski definition) is 2. The minimum Gasteiger partial charge on any atom is -0.462 e. The molecule has 0 bridgehead atoms. The Hall–Kier alpha value is -0.530. The molecule has 4 aliphatic rings. The van der Waals surface area contributed by atoms with E-state index in [0.717, 1.165) is 41.9 Å². The Labute approximate surface area is 205 Å². The second-order valence-corrected chi connectivity index (χ2v) is 14.5. The van der Waals surface area contributed by atoms with Gasteiger partial charge in [-0.1, -0.05) is 67.7 Å². The maximum atomic E-state index is 12.1. The highest BCUT2D eigenvalue weighted by Gasteiger charge is 2.65. The molecule has 190 valence electrons. The fourth-order valence-electron chi connectivity index (χ4n) is 10.5. The van der Waals surface area contributed by atoms with Gasteiger partial charge in [0.25, 0.3) is 0 Å². The molecule has 0 radical (unpaired) electrons. The van der Waals surface area contributed by atoms with Crippen molar-refractivity contribution in [2.24, 2.45) is 57.7 Å². The second kappa shape index (κ2) is 9.16. The number of carbonyl (C=O) groups excluding carboxylic acids is 1. The zero-order valence-corrected chi connectivity index (χ0v) is 23.2. The second-order valence-electron chi connectivity index (χ2n) is 14.5. The van der Waals surface area contributed by atoms with Gasteiger partial charge in [-0.3, -0.25) is 4.79 Å². The molecule has 0 aliphatic heterocycles. The van der Waals surface area contributed by atoms with E-state index in [1.807, 2.05) is 0 Å². The summed E-state index contributed by atoms with van der Waals surface area (Å²) in [6.07, 6.45) is 15.0. The molecule has 9 atom stereocenters. The molecule has 0 saturated heterocycles. The third-order valence-corrected chi connectivity index (χ3v) is 12.0. The minimum absolute atomic E-state index is 0.0707. The third kappa shape index (κ3) is 4.33. The smallest absolute Gasteiger partial charge is 0.302 e. The summed E-state index contributed by atoms with van der Waals surface area (Å²) in [6.45, 7) is 19.2. The minimum atomic E-state index is -0.0707. The zero-order valence-electron chi connectivity index (χ0n) is 23.2. The number of hydrogen-bond donors (Lipinski definition) is 0. The average Bonchev–Trinajstić information content (AvgIpc) is 3.07. The Kier molecular flexibility index (Phi) is 7.10.